The summed E-state index contributed by atoms with van der Waals surface area (Å²) in [7, 11) is 0. The molecule has 0 fully saturated rings. The first-order chi connectivity index (χ1) is 9.77. The van der Waals surface area contributed by atoms with Gasteiger partial charge in [0.25, 0.3) is 0 Å². The Bertz CT molecular complexity index is 716. The Morgan fingerprint density at radius 1 is 0.650 bits per heavy atom. The maximum absolute atomic E-state index is 10.0. The predicted molar refractivity (Wildman–Crippen MR) is 83.7 cm³/mol. The summed E-state index contributed by atoms with van der Waals surface area (Å²) in [4.78, 5) is 0. The van der Waals surface area contributed by atoms with Gasteiger partial charge in [0.15, 0.2) is 0 Å². The molecule has 3 rings (SSSR count). The van der Waals surface area contributed by atoms with E-state index in [9.17, 15) is 5.11 Å². The summed E-state index contributed by atoms with van der Waals surface area (Å²) in [6, 6.07) is 24.2. The number of rotatable bonds is 2. The molecule has 0 aromatic heterocycles. The lowest BCUT2D eigenvalue weighted by atomic mass is 9.90. The van der Waals surface area contributed by atoms with E-state index in [0.29, 0.717) is 5.75 Å². The van der Waals surface area contributed by atoms with Crippen LogP contribution in [0.15, 0.2) is 72.8 Å². The zero-order valence-electron chi connectivity index (χ0n) is 11.4. The molecule has 3 aromatic rings. The van der Waals surface area contributed by atoms with Crippen molar-refractivity contribution in [2.45, 2.75) is 6.92 Å². The Balaban J connectivity index is 2.29. The minimum atomic E-state index is 0.337. The Labute approximate surface area is 119 Å². The van der Waals surface area contributed by atoms with E-state index in [1.165, 1.54) is 0 Å². The summed E-state index contributed by atoms with van der Waals surface area (Å²) in [5, 5.41) is 10.0. The summed E-state index contributed by atoms with van der Waals surface area (Å²) in [5.74, 6) is 0.337. The van der Waals surface area contributed by atoms with Gasteiger partial charge in [-0.05, 0) is 40.8 Å². The van der Waals surface area contributed by atoms with Crippen LogP contribution in [-0.4, -0.2) is 5.11 Å². The molecular weight excluding hydrogens is 244 g/mol. The van der Waals surface area contributed by atoms with Gasteiger partial charge in [-0.25, -0.2) is 0 Å². The quantitative estimate of drug-likeness (QED) is 0.684. The molecule has 1 nitrogen and oxygen atoms in total. The van der Waals surface area contributed by atoms with Crippen LogP contribution in [0.2, 0.25) is 0 Å². The van der Waals surface area contributed by atoms with Crippen LogP contribution in [0.1, 0.15) is 5.56 Å². The lowest BCUT2D eigenvalue weighted by Crippen LogP contribution is -1.89. The topological polar surface area (TPSA) is 20.2 Å². The zero-order chi connectivity index (χ0) is 13.9. The summed E-state index contributed by atoms with van der Waals surface area (Å²) >= 11 is 0. The fraction of sp³-hybridized carbons (Fsp3) is 0.0526. The number of aromatic hydroxyl groups is 1. The van der Waals surface area contributed by atoms with Gasteiger partial charge in [-0.15, -0.1) is 0 Å². The smallest absolute Gasteiger partial charge is 0.119 e. The maximum Gasteiger partial charge on any atom is 0.119 e. The Kier molecular flexibility index (Phi) is 3.26. The molecule has 0 bridgehead atoms. The van der Waals surface area contributed by atoms with E-state index in [0.717, 1.165) is 27.8 Å². The molecule has 0 saturated heterocycles. The Morgan fingerprint density at radius 3 is 1.80 bits per heavy atom. The third kappa shape index (κ3) is 2.19. The molecule has 0 spiro atoms. The van der Waals surface area contributed by atoms with Crippen LogP contribution in [0.5, 0.6) is 5.75 Å². The molecule has 0 heterocycles. The number of phenolic OH excluding ortho intramolecular Hbond substituents is 1. The summed E-state index contributed by atoms with van der Waals surface area (Å²) in [5.41, 5.74) is 5.44. The molecule has 3 aromatic carbocycles. The summed E-state index contributed by atoms with van der Waals surface area (Å²) in [6.07, 6.45) is 0. The molecular formula is C19H16O. The van der Waals surface area contributed by atoms with Gasteiger partial charge < -0.3 is 5.11 Å². The van der Waals surface area contributed by atoms with Gasteiger partial charge in [0, 0.05) is 0 Å². The number of benzene rings is 3. The van der Waals surface area contributed by atoms with Crippen molar-refractivity contribution in [2.24, 2.45) is 0 Å². The molecule has 0 atom stereocenters. The lowest BCUT2D eigenvalue weighted by molar-refractivity contribution is 0.471. The van der Waals surface area contributed by atoms with Crippen LogP contribution in [-0.2, 0) is 0 Å². The molecule has 0 aliphatic rings. The molecule has 1 N–H and O–H groups in total. The lowest BCUT2D eigenvalue weighted by Gasteiger charge is -2.14. The average molecular weight is 260 g/mol. The van der Waals surface area contributed by atoms with Crippen LogP contribution in [0, 0.1) is 6.92 Å². The second kappa shape index (κ2) is 5.22. The van der Waals surface area contributed by atoms with Crippen LogP contribution < -0.4 is 0 Å². The monoisotopic (exact) mass is 260 g/mol. The molecule has 0 amide bonds. The Hall–Kier alpha value is -2.54. The van der Waals surface area contributed by atoms with Gasteiger partial charge in [0.05, 0.1) is 0 Å². The van der Waals surface area contributed by atoms with Crippen molar-refractivity contribution in [1.82, 2.24) is 0 Å². The van der Waals surface area contributed by atoms with E-state index in [2.05, 4.69) is 24.3 Å². The number of phenols is 1. The van der Waals surface area contributed by atoms with Crippen molar-refractivity contribution >= 4 is 0 Å². The summed E-state index contributed by atoms with van der Waals surface area (Å²) < 4.78 is 0. The highest BCUT2D eigenvalue weighted by atomic mass is 16.3. The third-order valence-electron chi connectivity index (χ3n) is 3.58. The third-order valence-corrected chi connectivity index (χ3v) is 3.58. The normalized spacial score (nSPS) is 10.4. The van der Waals surface area contributed by atoms with Gasteiger partial charge >= 0.3 is 0 Å². The molecule has 20 heavy (non-hydrogen) atoms. The van der Waals surface area contributed by atoms with Crippen LogP contribution in [0.3, 0.4) is 0 Å². The molecule has 98 valence electrons. The van der Waals surface area contributed by atoms with Crippen molar-refractivity contribution in [3.8, 4) is 28.0 Å². The van der Waals surface area contributed by atoms with Gasteiger partial charge in [-0.3, -0.25) is 0 Å². The first-order valence-corrected chi connectivity index (χ1v) is 6.71. The molecule has 0 aliphatic carbocycles. The molecule has 0 aliphatic heterocycles. The first-order valence-electron chi connectivity index (χ1n) is 6.71. The fourth-order valence-electron chi connectivity index (χ4n) is 2.54. The second-order valence-electron chi connectivity index (χ2n) is 4.86. The van der Waals surface area contributed by atoms with E-state index in [-0.39, 0.29) is 0 Å². The first kappa shape index (κ1) is 12.5. The average Bonchev–Trinajstić information content (AvgIpc) is 2.51. The number of hydrogen-bond donors (Lipinski definition) is 1. The zero-order valence-corrected chi connectivity index (χ0v) is 11.4. The van der Waals surface area contributed by atoms with Crippen molar-refractivity contribution in [2.75, 3.05) is 0 Å². The van der Waals surface area contributed by atoms with Crippen LogP contribution in [0.25, 0.3) is 22.3 Å². The van der Waals surface area contributed by atoms with Gasteiger partial charge in [-0.1, -0.05) is 66.7 Å². The van der Waals surface area contributed by atoms with Gasteiger partial charge in [0.1, 0.15) is 5.75 Å². The SMILES string of the molecule is Cc1c(O)ccc(-c2ccccc2)c1-c1ccccc1. The molecule has 0 saturated carbocycles. The molecule has 0 radical (unpaired) electrons. The van der Waals surface area contributed by atoms with Crippen molar-refractivity contribution in [3.05, 3.63) is 78.4 Å². The standard InChI is InChI=1S/C19H16O/c1-14-18(20)13-12-17(15-8-4-2-5-9-15)19(14)16-10-6-3-7-11-16/h2-13,20H,1H3. The predicted octanol–water partition coefficient (Wildman–Crippen LogP) is 5.03. The second-order valence-corrected chi connectivity index (χ2v) is 4.86. The van der Waals surface area contributed by atoms with E-state index in [4.69, 9.17) is 0 Å². The van der Waals surface area contributed by atoms with Crippen LogP contribution in [0.4, 0.5) is 0 Å². The Morgan fingerprint density at radius 2 is 1.20 bits per heavy atom. The van der Waals surface area contributed by atoms with E-state index < -0.39 is 0 Å². The molecule has 1 heteroatoms. The highest BCUT2D eigenvalue weighted by Gasteiger charge is 2.12. The van der Waals surface area contributed by atoms with E-state index in [1.54, 1.807) is 6.07 Å². The minimum Gasteiger partial charge on any atom is -0.508 e. The van der Waals surface area contributed by atoms with Crippen molar-refractivity contribution in [1.29, 1.82) is 0 Å². The van der Waals surface area contributed by atoms with Gasteiger partial charge in [0.2, 0.25) is 0 Å². The maximum atomic E-state index is 10.0. The van der Waals surface area contributed by atoms with Crippen molar-refractivity contribution < 1.29 is 5.11 Å². The van der Waals surface area contributed by atoms with Crippen LogP contribution >= 0.6 is 0 Å². The molecule has 0 unspecified atom stereocenters. The van der Waals surface area contributed by atoms with E-state index in [1.807, 2.05) is 49.4 Å². The highest BCUT2D eigenvalue weighted by molar-refractivity contribution is 5.86. The minimum absolute atomic E-state index is 0.337. The van der Waals surface area contributed by atoms with Gasteiger partial charge in [-0.2, -0.15) is 0 Å². The highest BCUT2D eigenvalue weighted by Crippen LogP contribution is 2.38. The fourth-order valence-corrected chi connectivity index (χ4v) is 2.54. The summed E-state index contributed by atoms with van der Waals surface area (Å²) in [6.45, 7) is 1.96. The number of hydrogen-bond acceptors (Lipinski definition) is 1. The largest absolute Gasteiger partial charge is 0.508 e. The van der Waals surface area contributed by atoms with E-state index >= 15 is 0 Å². The van der Waals surface area contributed by atoms with Crippen molar-refractivity contribution in [3.63, 3.8) is 0 Å².